The first-order valence-electron chi connectivity index (χ1n) is 8.27. The summed E-state index contributed by atoms with van der Waals surface area (Å²) in [6.07, 6.45) is 0.420. The SMILES string of the molecule is CCOC(=O)C[C@@H]([NH3+])C[N+](C)(C)C.O=[N+]([O-])c1cc([N+](=O)[O-])c([O-])c([N+](=O)[O-])c1.[Cl-]. The minimum atomic E-state index is -1.46. The number of nitrogens with zero attached hydrogens (tertiary/aromatic N) is 4. The number of quaternary nitrogens is 2. The molecule has 0 aliphatic heterocycles. The molecule has 1 rings (SSSR count). The van der Waals surface area contributed by atoms with Gasteiger partial charge >= 0.3 is 5.97 Å². The summed E-state index contributed by atoms with van der Waals surface area (Å²) in [6, 6.07) is 0.907. The number of ether oxygens (including phenoxy) is 1. The van der Waals surface area contributed by atoms with Gasteiger partial charge in [0.1, 0.15) is 19.0 Å². The van der Waals surface area contributed by atoms with Gasteiger partial charge in [-0.15, -0.1) is 0 Å². The third kappa shape index (κ3) is 10.4. The molecule has 0 amide bonds. The van der Waals surface area contributed by atoms with Crippen LogP contribution in [0.1, 0.15) is 13.3 Å². The van der Waals surface area contributed by atoms with E-state index in [9.17, 15) is 40.2 Å². The third-order valence-electron chi connectivity index (χ3n) is 3.21. The molecule has 0 radical (unpaired) electrons. The summed E-state index contributed by atoms with van der Waals surface area (Å²) in [6.45, 7) is 3.16. The molecule has 30 heavy (non-hydrogen) atoms. The van der Waals surface area contributed by atoms with Crippen molar-refractivity contribution in [3.63, 3.8) is 0 Å². The van der Waals surface area contributed by atoms with E-state index in [1.165, 1.54) is 0 Å². The molecular weight excluding hydrogens is 430 g/mol. The zero-order valence-corrected chi connectivity index (χ0v) is 17.7. The van der Waals surface area contributed by atoms with Gasteiger partial charge in [-0.05, 0) is 6.92 Å². The molecule has 0 aliphatic carbocycles. The van der Waals surface area contributed by atoms with Gasteiger partial charge in [0.05, 0.1) is 60.4 Å². The second-order valence-electron chi connectivity index (χ2n) is 6.93. The van der Waals surface area contributed by atoms with Crippen molar-refractivity contribution in [1.29, 1.82) is 0 Å². The van der Waals surface area contributed by atoms with Crippen molar-refractivity contribution < 1.29 is 52.0 Å². The summed E-state index contributed by atoms with van der Waals surface area (Å²) in [7, 11) is 6.26. The zero-order chi connectivity index (χ0) is 22.9. The van der Waals surface area contributed by atoms with Crippen LogP contribution in [0.15, 0.2) is 12.1 Å². The number of benzene rings is 1. The number of likely N-dealkylation sites (N-methyl/N-ethyl adjacent to an activating group) is 1. The Morgan fingerprint density at radius 2 is 1.50 bits per heavy atom. The molecule has 0 unspecified atom stereocenters. The Morgan fingerprint density at radius 3 is 1.80 bits per heavy atom. The van der Waals surface area contributed by atoms with Gasteiger partial charge in [-0.3, -0.25) is 35.1 Å². The Kier molecular flexibility index (Phi) is 12.1. The van der Waals surface area contributed by atoms with E-state index >= 15 is 0 Å². The van der Waals surface area contributed by atoms with Crippen LogP contribution in [0.4, 0.5) is 17.1 Å². The number of nitro benzene ring substituents is 3. The predicted octanol–water partition coefficient (Wildman–Crippen LogP) is -3.25. The fourth-order valence-electron chi connectivity index (χ4n) is 2.26. The Morgan fingerprint density at radius 1 is 1.07 bits per heavy atom. The number of non-ortho nitro benzene ring substituents is 1. The molecule has 1 aromatic rings. The lowest BCUT2D eigenvalue weighted by Gasteiger charge is -2.25. The summed E-state index contributed by atoms with van der Waals surface area (Å²) < 4.78 is 5.67. The molecule has 0 bridgehead atoms. The maximum absolute atomic E-state index is 11.1. The van der Waals surface area contributed by atoms with Gasteiger partial charge in [0.15, 0.2) is 0 Å². The lowest BCUT2D eigenvalue weighted by atomic mass is 10.2. The normalized spacial score (nSPS) is 11.2. The van der Waals surface area contributed by atoms with E-state index in [2.05, 4.69) is 26.9 Å². The van der Waals surface area contributed by atoms with Crippen LogP contribution >= 0.6 is 0 Å². The third-order valence-corrected chi connectivity index (χ3v) is 3.21. The second kappa shape index (κ2) is 12.5. The van der Waals surface area contributed by atoms with Crippen LogP contribution in [0.3, 0.4) is 0 Å². The van der Waals surface area contributed by atoms with Crippen molar-refractivity contribution in [3.05, 3.63) is 42.5 Å². The van der Waals surface area contributed by atoms with E-state index in [4.69, 9.17) is 4.74 Å². The van der Waals surface area contributed by atoms with Crippen molar-refractivity contribution in [1.82, 2.24) is 0 Å². The second-order valence-corrected chi connectivity index (χ2v) is 6.93. The number of carbonyl (C=O) groups is 1. The van der Waals surface area contributed by atoms with Gasteiger partial charge in [0.2, 0.25) is 0 Å². The van der Waals surface area contributed by atoms with Gasteiger partial charge in [0.25, 0.3) is 17.1 Å². The molecule has 14 nitrogen and oxygen atoms in total. The molecule has 0 aromatic heterocycles. The first-order valence-corrected chi connectivity index (χ1v) is 8.27. The van der Waals surface area contributed by atoms with Crippen molar-refractivity contribution in [2.24, 2.45) is 0 Å². The van der Waals surface area contributed by atoms with E-state index in [-0.39, 0.29) is 24.4 Å². The van der Waals surface area contributed by atoms with Crippen LogP contribution in [-0.4, -0.2) is 65.6 Å². The first-order chi connectivity index (χ1) is 13.2. The van der Waals surface area contributed by atoms with Crippen LogP contribution in [0.5, 0.6) is 5.75 Å². The highest BCUT2D eigenvalue weighted by atomic mass is 35.5. The minimum absolute atomic E-state index is 0. The van der Waals surface area contributed by atoms with Crippen molar-refractivity contribution >= 4 is 23.0 Å². The highest BCUT2D eigenvalue weighted by Crippen LogP contribution is 2.36. The van der Waals surface area contributed by atoms with E-state index in [0.29, 0.717) is 25.2 Å². The number of hydrogen-bond donors (Lipinski definition) is 1. The molecular formula is C15H24ClN5O9. The molecule has 0 saturated carbocycles. The largest absolute Gasteiger partial charge is 1.00 e. The topological polar surface area (TPSA) is 206 Å². The number of esters is 1. The lowest BCUT2D eigenvalue weighted by Crippen LogP contribution is -3.00. The van der Waals surface area contributed by atoms with E-state index in [1.807, 2.05) is 6.92 Å². The van der Waals surface area contributed by atoms with Gasteiger partial charge in [-0.2, -0.15) is 0 Å². The maximum Gasteiger partial charge on any atom is 0.312 e. The van der Waals surface area contributed by atoms with E-state index in [0.717, 1.165) is 11.0 Å². The molecule has 0 aliphatic rings. The zero-order valence-electron chi connectivity index (χ0n) is 16.9. The smallest absolute Gasteiger partial charge is 0.312 e. The summed E-state index contributed by atoms with van der Waals surface area (Å²) in [5, 5.41) is 42.1. The monoisotopic (exact) mass is 453 g/mol. The molecule has 0 fully saturated rings. The van der Waals surface area contributed by atoms with Crippen molar-refractivity contribution in [2.75, 3.05) is 34.3 Å². The molecule has 0 spiro atoms. The molecule has 0 heterocycles. The van der Waals surface area contributed by atoms with Gasteiger partial charge in [0, 0.05) is 0 Å². The molecule has 170 valence electrons. The highest BCUT2D eigenvalue weighted by Gasteiger charge is 2.24. The molecule has 1 atom stereocenters. The van der Waals surface area contributed by atoms with Gasteiger partial charge < -0.3 is 32.5 Å². The van der Waals surface area contributed by atoms with Crippen LogP contribution in [-0.2, 0) is 9.53 Å². The predicted molar refractivity (Wildman–Crippen MR) is 96.7 cm³/mol. The first kappa shape index (κ1) is 29.1. The van der Waals surface area contributed by atoms with Crippen molar-refractivity contribution in [3.8, 4) is 5.75 Å². The highest BCUT2D eigenvalue weighted by molar-refractivity contribution is 5.69. The Labute approximate surface area is 177 Å². The standard InChI is InChI=1S/C9H21N2O2.C6H3N3O7.ClH/c1-5-13-9(12)6-8(10)7-11(2,3)4;10-6-4(8(13)14)1-3(7(11)12)2-5(6)9(15)16;/h8H,5-7,10H2,1-4H3;1-2,10H;1H/q+1;;/p-1/t8-;;/m1../s1. The van der Waals surface area contributed by atoms with Crippen LogP contribution < -0.4 is 23.2 Å². The number of carbonyl (C=O) groups excluding carboxylic acids is 1. The fourth-order valence-corrected chi connectivity index (χ4v) is 2.26. The maximum atomic E-state index is 11.1. The average molecular weight is 454 g/mol. The van der Waals surface area contributed by atoms with Gasteiger partial charge in [-0.1, -0.05) is 0 Å². The summed E-state index contributed by atoms with van der Waals surface area (Å²) in [5.41, 5.74) is 0.665. The molecule has 15 heteroatoms. The fraction of sp³-hybridized carbons (Fsp3) is 0.533. The van der Waals surface area contributed by atoms with E-state index in [1.54, 1.807) is 0 Å². The lowest BCUT2D eigenvalue weighted by molar-refractivity contribution is -0.880. The molecule has 3 N–H and O–H groups in total. The summed E-state index contributed by atoms with van der Waals surface area (Å²) in [5.74, 6) is -1.60. The van der Waals surface area contributed by atoms with Crippen molar-refractivity contribution in [2.45, 2.75) is 19.4 Å². The van der Waals surface area contributed by atoms with Crippen LogP contribution in [0, 0.1) is 30.3 Å². The molecule has 1 aromatic carbocycles. The number of hydrogen-bond acceptors (Lipinski definition) is 9. The summed E-state index contributed by atoms with van der Waals surface area (Å²) >= 11 is 0. The van der Waals surface area contributed by atoms with Gasteiger partial charge in [-0.25, -0.2) is 0 Å². The number of halogens is 1. The Hall–Kier alpha value is -3.10. The Balaban J connectivity index is 0. The molecule has 0 saturated heterocycles. The minimum Gasteiger partial charge on any atom is -1.00 e. The summed E-state index contributed by atoms with van der Waals surface area (Å²) in [4.78, 5) is 38.6. The number of nitro groups is 3. The average Bonchev–Trinajstić information content (AvgIpc) is 2.52. The van der Waals surface area contributed by atoms with Crippen LogP contribution in [0.25, 0.3) is 0 Å². The quantitative estimate of drug-likeness (QED) is 0.181. The van der Waals surface area contributed by atoms with Crippen LogP contribution in [0.2, 0.25) is 0 Å². The number of rotatable bonds is 8. The van der Waals surface area contributed by atoms with E-state index < -0.39 is 37.6 Å². The Bertz CT molecular complexity index is 747.